The largest absolute Gasteiger partial charge is 0.333 e. The highest BCUT2D eigenvalue weighted by Gasteiger charge is 2.15. The van der Waals surface area contributed by atoms with Gasteiger partial charge in [0, 0.05) is 19.2 Å². The zero-order valence-electron chi connectivity index (χ0n) is 14.8. The Labute approximate surface area is 147 Å². The lowest BCUT2D eigenvalue weighted by Crippen LogP contribution is -2.38. The van der Waals surface area contributed by atoms with Gasteiger partial charge in [0.25, 0.3) is 0 Å². The average molecular weight is 342 g/mol. The van der Waals surface area contributed by atoms with Gasteiger partial charge in [0.15, 0.2) is 0 Å². The first-order valence-corrected chi connectivity index (χ1v) is 8.22. The molecule has 0 spiro atoms. The van der Waals surface area contributed by atoms with E-state index in [9.17, 15) is 14.0 Å². The minimum Gasteiger partial charge on any atom is -0.333 e. The van der Waals surface area contributed by atoms with E-state index in [1.165, 1.54) is 17.9 Å². The molecule has 0 saturated heterocycles. The Morgan fingerprint density at radius 1 is 1.08 bits per heavy atom. The highest BCUT2D eigenvalue weighted by atomic mass is 19.1. The van der Waals surface area contributed by atoms with Crippen LogP contribution in [0.2, 0.25) is 0 Å². The zero-order valence-corrected chi connectivity index (χ0v) is 14.8. The van der Waals surface area contributed by atoms with Crippen LogP contribution in [0.1, 0.15) is 23.6 Å². The van der Waals surface area contributed by atoms with E-state index in [2.05, 4.69) is 5.32 Å². The van der Waals surface area contributed by atoms with E-state index in [-0.39, 0.29) is 30.7 Å². The molecule has 0 aliphatic carbocycles. The van der Waals surface area contributed by atoms with Gasteiger partial charge in [0.1, 0.15) is 5.82 Å². The van der Waals surface area contributed by atoms with Crippen LogP contribution in [-0.2, 0) is 16.0 Å². The van der Waals surface area contributed by atoms with Crippen molar-refractivity contribution < 1.29 is 14.0 Å². The molecule has 0 unspecified atom stereocenters. The Balaban J connectivity index is 1.97. The molecule has 25 heavy (non-hydrogen) atoms. The molecule has 2 amide bonds. The molecule has 0 aliphatic heterocycles. The maximum atomic E-state index is 13.7. The Hall–Kier alpha value is -2.69. The maximum Gasteiger partial charge on any atom is 0.243 e. The predicted octanol–water partition coefficient (Wildman–Crippen LogP) is 3.47. The first kappa shape index (κ1) is 18.6. The number of nitrogens with one attached hydrogen (secondary N) is 1. The number of aryl methyl sites for hydroxylation is 2. The number of hydrogen-bond donors (Lipinski definition) is 1. The lowest BCUT2D eigenvalue weighted by atomic mass is 10.1. The van der Waals surface area contributed by atoms with Gasteiger partial charge in [-0.05, 0) is 55.2 Å². The van der Waals surface area contributed by atoms with E-state index in [0.29, 0.717) is 17.7 Å². The van der Waals surface area contributed by atoms with Crippen molar-refractivity contribution in [3.05, 3.63) is 65.0 Å². The van der Waals surface area contributed by atoms with E-state index >= 15 is 0 Å². The first-order valence-electron chi connectivity index (χ1n) is 8.22. The van der Waals surface area contributed by atoms with Crippen molar-refractivity contribution in [1.29, 1.82) is 0 Å². The van der Waals surface area contributed by atoms with Crippen molar-refractivity contribution in [2.45, 2.75) is 27.2 Å². The molecule has 0 atom stereocenters. The molecule has 0 fully saturated rings. The van der Waals surface area contributed by atoms with Crippen LogP contribution in [-0.4, -0.2) is 29.8 Å². The summed E-state index contributed by atoms with van der Waals surface area (Å²) in [5, 5.41) is 2.81. The second-order valence-electron chi connectivity index (χ2n) is 6.21. The van der Waals surface area contributed by atoms with Crippen molar-refractivity contribution >= 4 is 17.5 Å². The number of rotatable bonds is 6. The Kier molecular flexibility index (Phi) is 6.28. The molecule has 0 aromatic heterocycles. The summed E-state index contributed by atoms with van der Waals surface area (Å²) < 4.78 is 13.7. The topological polar surface area (TPSA) is 49.4 Å². The van der Waals surface area contributed by atoms with E-state index in [0.717, 1.165) is 11.1 Å². The van der Waals surface area contributed by atoms with Crippen LogP contribution in [0.5, 0.6) is 0 Å². The van der Waals surface area contributed by atoms with Crippen molar-refractivity contribution in [2.24, 2.45) is 0 Å². The molecule has 0 heterocycles. The second-order valence-corrected chi connectivity index (χ2v) is 6.21. The number of anilines is 1. The van der Waals surface area contributed by atoms with Gasteiger partial charge >= 0.3 is 0 Å². The molecule has 4 nitrogen and oxygen atoms in total. The van der Waals surface area contributed by atoms with Gasteiger partial charge in [0.2, 0.25) is 11.8 Å². The quantitative estimate of drug-likeness (QED) is 0.874. The molecule has 0 bridgehead atoms. The number of benzene rings is 2. The molecule has 0 aliphatic rings. The number of amides is 2. The van der Waals surface area contributed by atoms with E-state index < -0.39 is 0 Å². The Morgan fingerprint density at radius 2 is 1.72 bits per heavy atom. The number of hydrogen-bond acceptors (Lipinski definition) is 2. The molecule has 132 valence electrons. The fraction of sp³-hybridized carbons (Fsp3) is 0.300. The summed E-state index contributed by atoms with van der Waals surface area (Å²) in [7, 11) is 0. The zero-order chi connectivity index (χ0) is 18.4. The number of nitrogens with zero attached hydrogens (tertiary/aromatic N) is 1. The highest BCUT2D eigenvalue weighted by Crippen LogP contribution is 2.14. The maximum absolute atomic E-state index is 13.7. The minimum absolute atomic E-state index is 0.0588. The molecule has 0 saturated carbocycles. The fourth-order valence-corrected chi connectivity index (χ4v) is 2.73. The molecule has 0 radical (unpaired) electrons. The second kappa shape index (κ2) is 8.42. The summed E-state index contributed by atoms with van der Waals surface area (Å²) in [6.07, 6.45) is 0.364. The lowest BCUT2D eigenvalue weighted by Gasteiger charge is -2.21. The third-order valence-electron chi connectivity index (χ3n) is 3.89. The van der Waals surface area contributed by atoms with E-state index in [4.69, 9.17) is 0 Å². The van der Waals surface area contributed by atoms with Gasteiger partial charge in [-0.2, -0.15) is 0 Å². The third-order valence-corrected chi connectivity index (χ3v) is 3.89. The summed E-state index contributed by atoms with van der Waals surface area (Å²) in [5.74, 6) is -0.786. The highest BCUT2D eigenvalue weighted by molar-refractivity contribution is 5.94. The summed E-state index contributed by atoms with van der Waals surface area (Å²) in [4.78, 5) is 25.5. The van der Waals surface area contributed by atoms with Crippen LogP contribution in [0.4, 0.5) is 10.1 Å². The average Bonchev–Trinajstić information content (AvgIpc) is 2.51. The van der Waals surface area contributed by atoms with Crippen LogP contribution in [0.15, 0.2) is 42.5 Å². The van der Waals surface area contributed by atoms with Crippen molar-refractivity contribution in [1.82, 2.24) is 4.90 Å². The fourth-order valence-electron chi connectivity index (χ4n) is 2.73. The van der Waals surface area contributed by atoms with Crippen molar-refractivity contribution in [3.63, 3.8) is 0 Å². The molecular formula is C20H23FN2O2. The van der Waals surface area contributed by atoms with Crippen molar-refractivity contribution in [3.8, 4) is 0 Å². The first-order chi connectivity index (χ1) is 11.8. The minimum atomic E-state index is -0.300. The van der Waals surface area contributed by atoms with E-state index in [1.807, 2.05) is 32.0 Å². The van der Waals surface area contributed by atoms with Gasteiger partial charge in [-0.1, -0.05) is 24.3 Å². The summed E-state index contributed by atoms with van der Waals surface area (Å²) in [5.41, 5.74) is 3.35. The van der Waals surface area contributed by atoms with Crippen LogP contribution < -0.4 is 5.32 Å². The smallest absolute Gasteiger partial charge is 0.243 e. The Morgan fingerprint density at radius 3 is 2.32 bits per heavy atom. The van der Waals surface area contributed by atoms with Gasteiger partial charge in [-0.3, -0.25) is 9.59 Å². The molecule has 2 rings (SSSR count). The van der Waals surface area contributed by atoms with Gasteiger partial charge in [-0.15, -0.1) is 0 Å². The summed E-state index contributed by atoms with van der Waals surface area (Å²) in [6, 6.07) is 12.2. The van der Waals surface area contributed by atoms with Crippen LogP contribution in [0, 0.1) is 19.7 Å². The third kappa shape index (κ3) is 5.71. The normalized spacial score (nSPS) is 10.4. The molecular weight excluding hydrogens is 319 g/mol. The van der Waals surface area contributed by atoms with Gasteiger partial charge < -0.3 is 10.2 Å². The molecule has 1 N–H and O–H groups in total. The number of carbonyl (C=O) groups excluding carboxylic acids is 2. The summed E-state index contributed by atoms with van der Waals surface area (Å²) in [6.45, 7) is 5.55. The SMILES string of the molecule is CC(=O)N(CCc1ccccc1F)CC(=O)Nc1cc(C)cc(C)c1. The lowest BCUT2D eigenvalue weighted by molar-refractivity contribution is -0.132. The van der Waals surface area contributed by atoms with E-state index in [1.54, 1.807) is 18.2 Å². The molecule has 2 aromatic rings. The molecule has 5 heteroatoms. The van der Waals surface area contributed by atoms with Crippen LogP contribution in [0.25, 0.3) is 0 Å². The monoisotopic (exact) mass is 342 g/mol. The molecule has 2 aromatic carbocycles. The Bertz CT molecular complexity index is 754. The van der Waals surface area contributed by atoms with Crippen molar-refractivity contribution in [2.75, 3.05) is 18.4 Å². The standard InChI is InChI=1S/C20H23FN2O2/c1-14-10-15(2)12-18(11-14)22-20(25)13-23(16(3)24)9-8-17-6-4-5-7-19(17)21/h4-7,10-12H,8-9,13H2,1-3H3,(H,22,25). The predicted molar refractivity (Wildman–Crippen MR) is 96.9 cm³/mol. The van der Waals surface area contributed by atoms with Gasteiger partial charge in [-0.25, -0.2) is 4.39 Å². The van der Waals surface area contributed by atoms with Crippen LogP contribution in [0.3, 0.4) is 0 Å². The summed E-state index contributed by atoms with van der Waals surface area (Å²) >= 11 is 0. The van der Waals surface area contributed by atoms with Gasteiger partial charge in [0.05, 0.1) is 6.54 Å². The van der Waals surface area contributed by atoms with Crippen LogP contribution >= 0.6 is 0 Å². The number of carbonyl (C=O) groups is 2. The number of halogens is 1.